The van der Waals surface area contributed by atoms with Crippen molar-refractivity contribution in [3.8, 4) is 5.69 Å². The lowest BCUT2D eigenvalue weighted by Crippen LogP contribution is -2.23. The van der Waals surface area contributed by atoms with Crippen molar-refractivity contribution in [2.24, 2.45) is 0 Å². The number of nitrogens with one attached hydrogen (secondary N) is 1. The van der Waals surface area contributed by atoms with Crippen molar-refractivity contribution in [3.05, 3.63) is 66.2 Å². The molecule has 1 atom stereocenters. The van der Waals surface area contributed by atoms with Crippen molar-refractivity contribution in [1.29, 1.82) is 0 Å². The Kier molecular flexibility index (Phi) is 4.94. The third-order valence-electron chi connectivity index (χ3n) is 4.40. The maximum absolute atomic E-state index is 13.8. The number of carbonyl (C=O) groups is 1. The molecule has 0 bridgehead atoms. The highest BCUT2D eigenvalue weighted by Gasteiger charge is 2.31. The van der Waals surface area contributed by atoms with Gasteiger partial charge >= 0.3 is 0 Å². The van der Waals surface area contributed by atoms with E-state index in [9.17, 15) is 9.18 Å². The van der Waals surface area contributed by atoms with E-state index in [0.29, 0.717) is 11.1 Å². The molecule has 1 aliphatic rings. The predicted octanol–water partition coefficient (Wildman–Crippen LogP) is 4.40. The van der Waals surface area contributed by atoms with E-state index in [1.807, 2.05) is 34.9 Å². The summed E-state index contributed by atoms with van der Waals surface area (Å²) in [6, 6.07) is 16.0. The van der Waals surface area contributed by atoms with Gasteiger partial charge in [0.15, 0.2) is 5.16 Å². The van der Waals surface area contributed by atoms with Gasteiger partial charge in [0, 0.05) is 11.6 Å². The predicted molar refractivity (Wildman–Crippen MR) is 104 cm³/mol. The molecule has 27 heavy (non-hydrogen) atoms. The number of para-hydroxylation sites is 2. The van der Waals surface area contributed by atoms with Crippen molar-refractivity contribution < 1.29 is 9.18 Å². The van der Waals surface area contributed by atoms with Crippen LogP contribution >= 0.6 is 11.8 Å². The zero-order chi connectivity index (χ0) is 18.8. The number of anilines is 1. The van der Waals surface area contributed by atoms with Gasteiger partial charge in [-0.1, -0.05) is 42.1 Å². The van der Waals surface area contributed by atoms with Crippen LogP contribution in [0, 0.1) is 5.82 Å². The summed E-state index contributed by atoms with van der Waals surface area (Å²) in [6.07, 6.45) is 2.22. The van der Waals surface area contributed by atoms with Crippen molar-refractivity contribution in [3.63, 3.8) is 0 Å². The number of amides is 1. The van der Waals surface area contributed by atoms with E-state index in [1.54, 1.807) is 25.1 Å². The zero-order valence-electron chi connectivity index (χ0n) is 14.8. The van der Waals surface area contributed by atoms with Gasteiger partial charge in [-0.25, -0.2) is 4.39 Å². The third kappa shape index (κ3) is 3.88. The second-order valence-electron chi connectivity index (χ2n) is 6.52. The van der Waals surface area contributed by atoms with Gasteiger partial charge in [0.25, 0.3) is 0 Å². The molecule has 0 spiro atoms. The largest absolute Gasteiger partial charge is 0.323 e. The smallest absolute Gasteiger partial charge is 0.237 e. The summed E-state index contributed by atoms with van der Waals surface area (Å²) in [5, 5.41) is 11.5. The summed E-state index contributed by atoms with van der Waals surface area (Å²) in [6.45, 7) is 1.78. The molecule has 0 saturated heterocycles. The van der Waals surface area contributed by atoms with Gasteiger partial charge in [0.1, 0.15) is 11.6 Å². The number of benzene rings is 2. The number of hydrogen-bond donors (Lipinski definition) is 1. The molecule has 0 aliphatic heterocycles. The number of rotatable bonds is 6. The fourth-order valence-electron chi connectivity index (χ4n) is 2.79. The first kappa shape index (κ1) is 17.7. The Hall–Kier alpha value is -2.67. The van der Waals surface area contributed by atoms with E-state index >= 15 is 0 Å². The summed E-state index contributed by atoms with van der Waals surface area (Å²) in [5.41, 5.74) is 1.16. The summed E-state index contributed by atoms with van der Waals surface area (Å²) in [4.78, 5) is 12.5. The Balaban J connectivity index is 1.55. The molecule has 5 nitrogen and oxygen atoms in total. The molecular weight excluding hydrogens is 363 g/mol. The van der Waals surface area contributed by atoms with E-state index < -0.39 is 11.1 Å². The van der Waals surface area contributed by atoms with Crippen molar-refractivity contribution in [2.75, 3.05) is 5.32 Å². The molecule has 2 aromatic carbocycles. The zero-order valence-corrected chi connectivity index (χ0v) is 15.6. The minimum atomic E-state index is -0.455. The lowest BCUT2D eigenvalue weighted by molar-refractivity contribution is -0.115. The van der Waals surface area contributed by atoms with E-state index in [0.717, 1.165) is 24.4 Å². The SMILES string of the molecule is CC(Sc1nnc(C2CC2)n1-c1ccccc1)C(=O)Nc1ccccc1F. The van der Waals surface area contributed by atoms with E-state index in [-0.39, 0.29) is 11.6 Å². The standard InChI is InChI=1S/C20H19FN4OS/c1-13(19(26)22-17-10-6-5-9-16(17)21)27-20-24-23-18(14-11-12-14)25(20)15-7-3-2-4-8-15/h2-10,13-14H,11-12H2,1H3,(H,22,26). The normalized spacial score (nSPS) is 14.7. The number of hydrogen-bond acceptors (Lipinski definition) is 4. The summed E-state index contributed by atoms with van der Waals surface area (Å²) >= 11 is 1.32. The second kappa shape index (κ2) is 7.52. The second-order valence-corrected chi connectivity index (χ2v) is 7.82. The average molecular weight is 382 g/mol. The quantitative estimate of drug-likeness (QED) is 0.642. The first-order chi connectivity index (χ1) is 13.1. The molecule has 1 heterocycles. The molecule has 1 fully saturated rings. The maximum atomic E-state index is 13.8. The fraction of sp³-hybridized carbons (Fsp3) is 0.250. The number of nitrogens with zero attached hydrogens (tertiary/aromatic N) is 3. The van der Waals surface area contributed by atoms with Gasteiger partial charge in [0.2, 0.25) is 5.91 Å². The van der Waals surface area contributed by atoms with Crippen LogP contribution in [0.3, 0.4) is 0 Å². The third-order valence-corrected chi connectivity index (χ3v) is 5.44. The van der Waals surface area contributed by atoms with Gasteiger partial charge in [-0.05, 0) is 44.0 Å². The highest BCUT2D eigenvalue weighted by atomic mass is 32.2. The Morgan fingerprint density at radius 2 is 1.85 bits per heavy atom. The Labute approximate surface area is 161 Å². The molecular formula is C20H19FN4OS. The first-order valence-corrected chi connectivity index (χ1v) is 9.74. The summed E-state index contributed by atoms with van der Waals surface area (Å²) < 4.78 is 15.8. The Morgan fingerprint density at radius 3 is 2.56 bits per heavy atom. The van der Waals surface area contributed by atoms with E-state index in [4.69, 9.17) is 0 Å². The van der Waals surface area contributed by atoms with E-state index in [1.165, 1.54) is 17.8 Å². The highest BCUT2D eigenvalue weighted by molar-refractivity contribution is 8.00. The molecule has 1 amide bonds. The van der Waals surface area contributed by atoms with Crippen LogP contribution < -0.4 is 5.32 Å². The van der Waals surface area contributed by atoms with Crippen LogP contribution in [0.1, 0.15) is 31.5 Å². The van der Waals surface area contributed by atoms with Crippen molar-refractivity contribution in [1.82, 2.24) is 14.8 Å². The monoisotopic (exact) mass is 382 g/mol. The van der Waals surface area contributed by atoms with Gasteiger partial charge in [0.05, 0.1) is 10.9 Å². The van der Waals surface area contributed by atoms with Gasteiger partial charge in [-0.15, -0.1) is 10.2 Å². The molecule has 1 aliphatic carbocycles. The van der Waals surface area contributed by atoms with Gasteiger partial charge in [-0.3, -0.25) is 9.36 Å². The molecule has 1 aromatic heterocycles. The van der Waals surface area contributed by atoms with Crippen LogP contribution in [0.4, 0.5) is 10.1 Å². The van der Waals surface area contributed by atoms with Crippen molar-refractivity contribution in [2.45, 2.75) is 36.1 Å². The number of aromatic nitrogens is 3. The number of thioether (sulfide) groups is 1. The number of carbonyl (C=O) groups excluding carboxylic acids is 1. The molecule has 3 aromatic rings. The van der Waals surface area contributed by atoms with Crippen LogP contribution in [-0.2, 0) is 4.79 Å². The molecule has 1 N–H and O–H groups in total. The molecule has 4 rings (SSSR count). The lowest BCUT2D eigenvalue weighted by Gasteiger charge is -2.14. The van der Waals surface area contributed by atoms with Gasteiger partial charge < -0.3 is 5.32 Å². The van der Waals surface area contributed by atoms with Crippen LogP contribution in [0.2, 0.25) is 0 Å². The molecule has 1 saturated carbocycles. The first-order valence-electron chi connectivity index (χ1n) is 8.86. The molecule has 0 radical (unpaired) electrons. The minimum Gasteiger partial charge on any atom is -0.323 e. The Bertz CT molecular complexity index is 956. The maximum Gasteiger partial charge on any atom is 0.237 e. The number of halogens is 1. The minimum absolute atomic E-state index is 0.179. The Morgan fingerprint density at radius 1 is 1.15 bits per heavy atom. The highest BCUT2D eigenvalue weighted by Crippen LogP contribution is 2.41. The molecule has 7 heteroatoms. The fourth-order valence-corrected chi connectivity index (χ4v) is 3.67. The lowest BCUT2D eigenvalue weighted by atomic mass is 10.3. The van der Waals surface area contributed by atoms with Crippen LogP contribution in [0.25, 0.3) is 5.69 Å². The van der Waals surface area contributed by atoms with Gasteiger partial charge in [-0.2, -0.15) is 0 Å². The van der Waals surface area contributed by atoms with Crippen LogP contribution in [-0.4, -0.2) is 25.9 Å². The summed E-state index contributed by atoms with van der Waals surface area (Å²) in [5.74, 6) is 0.632. The molecule has 138 valence electrons. The summed E-state index contributed by atoms with van der Waals surface area (Å²) in [7, 11) is 0. The van der Waals surface area contributed by atoms with Crippen LogP contribution in [0.5, 0.6) is 0 Å². The average Bonchev–Trinajstić information content (AvgIpc) is 3.45. The molecule has 1 unspecified atom stereocenters. The topological polar surface area (TPSA) is 59.8 Å². The van der Waals surface area contributed by atoms with E-state index in [2.05, 4.69) is 15.5 Å². The van der Waals surface area contributed by atoms with Crippen LogP contribution in [0.15, 0.2) is 59.8 Å². The van der Waals surface area contributed by atoms with Crippen molar-refractivity contribution >= 4 is 23.4 Å².